The number of methoxy groups -OCH3 is 1. The van der Waals surface area contributed by atoms with Crippen molar-refractivity contribution in [2.45, 2.75) is 13.5 Å². The minimum Gasteiger partial charge on any atom is -0.462 e. The van der Waals surface area contributed by atoms with Crippen molar-refractivity contribution in [3.05, 3.63) is 47.7 Å². The number of nitrogens with one attached hydrogen (secondary N) is 1. The average molecular weight is 340 g/mol. The van der Waals surface area contributed by atoms with Crippen molar-refractivity contribution in [1.29, 1.82) is 0 Å². The van der Waals surface area contributed by atoms with E-state index in [2.05, 4.69) is 5.32 Å². The molecule has 1 N–H and O–H groups in total. The van der Waals surface area contributed by atoms with Crippen molar-refractivity contribution in [1.82, 2.24) is 5.32 Å². The van der Waals surface area contributed by atoms with E-state index in [4.69, 9.17) is 13.9 Å². The van der Waals surface area contributed by atoms with E-state index in [9.17, 15) is 4.79 Å². The van der Waals surface area contributed by atoms with Crippen molar-refractivity contribution < 1.29 is 18.7 Å². The van der Waals surface area contributed by atoms with E-state index in [0.717, 1.165) is 23.6 Å². The standard InChI is InChI=1S/C17H21NO4.ClH/c1-3-21-17(19)14-6-4-13(5-7-14)16-9-8-15(22-16)12-18-10-11-20-2;/h4-9,18H,3,10-12H2,1-2H3;1H. The van der Waals surface area contributed by atoms with Gasteiger partial charge in [-0.3, -0.25) is 0 Å². The highest BCUT2D eigenvalue weighted by Gasteiger charge is 2.08. The van der Waals surface area contributed by atoms with Crippen LogP contribution in [-0.2, 0) is 16.0 Å². The first-order chi connectivity index (χ1) is 10.7. The summed E-state index contributed by atoms with van der Waals surface area (Å²) in [6.45, 7) is 4.27. The summed E-state index contributed by atoms with van der Waals surface area (Å²) >= 11 is 0. The maximum Gasteiger partial charge on any atom is 0.338 e. The zero-order chi connectivity index (χ0) is 15.8. The number of carbonyl (C=O) groups excluding carboxylic acids is 1. The van der Waals surface area contributed by atoms with Crippen LogP contribution in [0.25, 0.3) is 11.3 Å². The fraction of sp³-hybridized carbons (Fsp3) is 0.353. The summed E-state index contributed by atoms with van der Waals surface area (Å²) in [5.74, 6) is 1.33. The second-order valence-electron chi connectivity index (χ2n) is 4.73. The van der Waals surface area contributed by atoms with E-state index in [1.165, 1.54) is 0 Å². The summed E-state index contributed by atoms with van der Waals surface area (Å²) in [6.07, 6.45) is 0. The van der Waals surface area contributed by atoms with Crippen LogP contribution in [0, 0.1) is 0 Å². The minimum absolute atomic E-state index is 0. The lowest BCUT2D eigenvalue weighted by molar-refractivity contribution is 0.0526. The molecule has 0 saturated heterocycles. The van der Waals surface area contributed by atoms with Gasteiger partial charge in [0.05, 0.1) is 25.3 Å². The minimum atomic E-state index is -0.309. The highest BCUT2D eigenvalue weighted by Crippen LogP contribution is 2.22. The van der Waals surface area contributed by atoms with Crippen LogP contribution < -0.4 is 5.32 Å². The first-order valence-electron chi connectivity index (χ1n) is 7.30. The molecule has 1 aromatic heterocycles. The van der Waals surface area contributed by atoms with E-state index in [0.29, 0.717) is 25.3 Å². The van der Waals surface area contributed by atoms with E-state index in [1.807, 2.05) is 24.3 Å². The molecule has 0 unspecified atom stereocenters. The van der Waals surface area contributed by atoms with Crippen molar-refractivity contribution in [2.75, 3.05) is 26.9 Å². The Balaban J connectivity index is 0.00000264. The highest BCUT2D eigenvalue weighted by molar-refractivity contribution is 5.89. The molecule has 5 nitrogen and oxygen atoms in total. The van der Waals surface area contributed by atoms with Crippen molar-refractivity contribution in [3.8, 4) is 11.3 Å². The van der Waals surface area contributed by atoms with Crippen LogP contribution >= 0.6 is 12.4 Å². The summed E-state index contributed by atoms with van der Waals surface area (Å²) in [6, 6.07) is 11.1. The molecule has 1 heterocycles. The van der Waals surface area contributed by atoms with Gasteiger partial charge in [0.2, 0.25) is 0 Å². The van der Waals surface area contributed by atoms with Crippen LogP contribution in [0.3, 0.4) is 0 Å². The van der Waals surface area contributed by atoms with E-state index >= 15 is 0 Å². The molecule has 1 aromatic carbocycles. The third-order valence-electron chi connectivity index (χ3n) is 3.12. The molecular weight excluding hydrogens is 318 g/mol. The Morgan fingerprint density at radius 3 is 2.57 bits per heavy atom. The van der Waals surface area contributed by atoms with Crippen molar-refractivity contribution in [3.63, 3.8) is 0 Å². The van der Waals surface area contributed by atoms with Crippen LogP contribution in [0.2, 0.25) is 0 Å². The topological polar surface area (TPSA) is 60.7 Å². The van der Waals surface area contributed by atoms with Gasteiger partial charge in [-0.2, -0.15) is 0 Å². The molecule has 0 spiro atoms. The molecular formula is C17H22ClNO4. The van der Waals surface area contributed by atoms with Gasteiger partial charge in [-0.05, 0) is 31.2 Å². The molecule has 0 amide bonds. The van der Waals surface area contributed by atoms with E-state index in [1.54, 1.807) is 26.2 Å². The normalized spacial score (nSPS) is 10.2. The lowest BCUT2D eigenvalue weighted by Gasteiger charge is -2.03. The monoisotopic (exact) mass is 339 g/mol. The first kappa shape index (κ1) is 19.2. The quantitative estimate of drug-likeness (QED) is 0.590. The third kappa shape index (κ3) is 5.71. The Morgan fingerprint density at radius 2 is 1.91 bits per heavy atom. The van der Waals surface area contributed by atoms with Crippen LogP contribution in [0.5, 0.6) is 0 Å². The zero-order valence-electron chi connectivity index (χ0n) is 13.3. The van der Waals surface area contributed by atoms with Gasteiger partial charge in [-0.1, -0.05) is 12.1 Å². The Hall–Kier alpha value is -1.82. The summed E-state index contributed by atoms with van der Waals surface area (Å²) in [4.78, 5) is 11.6. The molecule has 0 bridgehead atoms. The van der Waals surface area contributed by atoms with Gasteiger partial charge < -0.3 is 19.2 Å². The summed E-state index contributed by atoms with van der Waals surface area (Å²) < 4.78 is 15.7. The number of carbonyl (C=O) groups is 1. The molecule has 23 heavy (non-hydrogen) atoms. The average Bonchev–Trinajstić information content (AvgIpc) is 3.01. The summed E-state index contributed by atoms with van der Waals surface area (Å²) in [5, 5.41) is 3.23. The first-order valence-corrected chi connectivity index (χ1v) is 7.30. The summed E-state index contributed by atoms with van der Waals surface area (Å²) in [5.41, 5.74) is 1.47. The van der Waals surface area contributed by atoms with Gasteiger partial charge in [0, 0.05) is 19.2 Å². The smallest absolute Gasteiger partial charge is 0.338 e. The maximum absolute atomic E-state index is 11.6. The number of ether oxygens (including phenoxy) is 2. The number of halogens is 1. The van der Waals surface area contributed by atoms with Crippen molar-refractivity contribution in [2.24, 2.45) is 0 Å². The number of hydrogen-bond acceptors (Lipinski definition) is 5. The van der Waals surface area contributed by atoms with Crippen LogP contribution in [0.15, 0.2) is 40.8 Å². The van der Waals surface area contributed by atoms with Gasteiger partial charge in [-0.25, -0.2) is 4.79 Å². The van der Waals surface area contributed by atoms with Crippen LogP contribution in [-0.4, -0.2) is 32.8 Å². The molecule has 0 saturated carbocycles. The van der Waals surface area contributed by atoms with Gasteiger partial charge in [0.25, 0.3) is 0 Å². The Kier molecular flexibility index (Phi) is 8.40. The van der Waals surface area contributed by atoms with Crippen LogP contribution in [0.4, 0.5) is 0 Å². The zero-order valence-corrected chi connectivity index (χ0v) is 14.2. The van der Waals surface area contributed by atoms with E-state index < -0.39 is 0 Å². The molecule has 126 valence electrons. The molecule has 0 atom stereocenters. The predicted molar refractivity (Wildman–Crippen MR) is 90.9 cm³/mol. The van der Waals surface area contributed by atoms with Gasteiger partial charge in [0.1, 0.15) is 11.5 Å². The van der Waals surface area contributed by atoms with Gasteiger partial charge in [0.15, 0.2) is 0 Å². The fourth-order valence-corrected chi connectivity index (χ4v) is 2.00. The molecule has 6 heteroatoms. The number of hydrogen-bond donors (Lipinski definition) is 1. The highest BCUT2D eigenvalue weighted by atomic mass is 35.5. The fourth-order valence-electron chi connectivity index (χ4n) is 2.00. The molecule has 2 aromatic rings. The lowest BCUT2D eigenvalue weighted by atomic mass is 10.1. The lowest BCUT2D eigenvalue weighted by Crippen LogP contribution is -2.18. The van der Waals surface area contributed by atoms with E-state index in [-0.39, 0.29) is 18.4 Å². The number of furan rings is 1. The molecule has 0 aliphatic heterocycles. The molecule has 0 aliphatic rings. The Morgan fingerprint density at radius 1 is 1.17 bits per heavy atom. The van der Waals surface area contributed by atoms with Gasteiger partial charge in [-0.15, -0.1) is 12.4 Å². The van der Waals surface area contributed by atoms with Gasteiger partial charge >= 0.3 is 5.97 Å². The summed E-state index contributed by atoms with van der Waals surface area (Å²) in [7, 11) is 1.67. The molecule has 0 fully saturated rings. The molecule has 0 radical (unpaired) electrons. The number of rotatable bonds is 8. The molecule has 2 rings (SSSR count). The third-order valence-corrected chi connectivity index (χ3v) is 3.12. The number of esters is 1. The van der Waals surface area contributed by atoms with Crippen LogP contribution in [0.1, 0.15) is 23.0 Å². The predicted octanol–water partition coefficient (Wildman–Crippen LogP) is 3.28. The molecule has 0 aliphatic carbocycles. The maximum atomic E-state index is 11.6. The Bertz CT molecular complexity index is 595. The number of benzene rings is 1. The second-order valence-corrected chi connectivity index (χ2v) is 4.73. The van der Waals surface area contributed by atoms with Crippen molar-refractivity contribution >= 4 is 18.4 Å². The SMILES string of the molecule is CCOC(=O)c1ccc(-c2ccc(CNCCOC)o2)cc1.Cl. The Labute approximate surface area is 142 Å². The second kappa shape index (κ2) is 10.0. The largest absolute Gasteiger partial charge is 0.462 e.